The third-order valence-corrected chi connectivity index (χ3v) is 8.67. The van der Waals surface area contributed by atoms with Gasteiger partial charge in [0.15, 0.2) is 12.1 Å². The second kappa shape index (κ2) is 11.1. The molecule has 3 aliphatic heterocycles. The van der Waals surface area contributed by atoms with Crippen molar-refractivity contribution >= 4 is 46.8 Å². The molecule has 3 amide bonds. The summed E-state index contributed by atoms with van der Waals surface area (Å²) in [4.78, 5) is 41.6. The van der Waals surface area contributed by atoms with Gasteiger partial charge in [-0.3, -0.25) is 19.4 Å². The molecule has 0 N–H and O–H groups in total. The van der Waals surface area contributed by atoms with Gasteiger partial charge in [-0.1, -0.05) is 41.1 Å². The van der Waals surface area contributed by atoms with Crippen molar-refractivity contribution in [1.29, 1.82) is 0 Å². The molecular formula is C32H25ClF2N6O3. The maximum Gasteiger partial charge on any atom is 0.264 e. The van der Waals surface area contributed by atoms with Gasteiger partial charge in [-0.15, -0.1) is 0 Å². The Balaban J connectivity index is 1.18. The fourth-order valence-corrected chi connectivity index (χ4v) is 6.50. The van der Waals surface area contributed by atoms with Gasteiger partial charge in [-0.2, -0.15) is 10.2 Å². The molecule has 0 aromatic heterocycles. The first-order chi connectivity index (χ1) is 21.3. The van der Waals surface area contributed by atoms with Crippen molar-refractivity contribution in [1.82, 2.24) is 10.0 Å². The Morgan fingerprint density at radius 2 is 1.59 bits per heavy atom. The van der Waals surface area contributed by atoms with Crippen molar-refractivity contribution in [2.45, 2.75) is 37.4 Å². The molecule has 222 valence electrons. The lowest BCUT2D eigenvalue weighted by molar-refractivity contribution is -0.136. The summed E-state index contributed by atoms with van der Waals surface area (Å²) in [6.07, 6.45) is 4.28. The van der Waals surface area contributed by atoms with Crippen LogP contribution in [0.3, 0.4) is 0 Å². The highest BCUT2D eigenvalue weighted by Gasteiger charge is 2.55. The molecule has 4 atom stereocenters. The zero-order valence-corrected chi connectivity index (χ0v) is 23.9. The lowest BCUT2D eigenvalue weighted by Crippen LogP contribution is -2.45. The topological polar surface area (TPSA) is 98.0 Å². The molecule has 9 nitrogen and oxygen atoms in total. The van der Waals surface area contributed by atoms with E-state index in [-0.39, 0.29) is 18.3 Å². The number of amides is 3. The number of hydrazone groups is 1. The maximum absolute atomic E-state index is 14.0. The Morgan fingerprint density at radius 1 is 0.909 bits per heavy atom. The smallest absolute Gasteiger partial charge is 0.264 e. The Bertz CT molecular complexity index is 1740. The van der Waals surface area contributed by atoms with Crippen LogP contribution in [0.2, 0.25) is 5.02 Å². The van der Waals surface area contributed by atoms with Crippen molar-refractivity contribution in [3.05, 3.63) is 106 Å². The van der Waals surface area contributed by atoms with Gasteiger partial charge in [-0.25, -0.2) is 18.7 Å². The lowest BCUT2D eigenvalue weighted by Gasteiger charge is -2.30. The van der Waals surface area contributed by atoms with E-state index in [4.69, 9.17) is 16.7 Å². The van der Waals surface area contributed by atoms with Crippen molar-refractivity contribution in [3.8, 4) is 0 Å². The fourth-order valence-electron chi connectivity index (χ4n) is 6.37. The van der Waals surface area contributed by atoms with Crippen LogP contribution >= 0.6 is 11.6 Å². The number of benzene rings is 3. The lowest BCUT2D eigenvalue weighted by atomic mass is 9.77. The molecule has 12 heteroatoms. The number of allylic oxidation sites excluding steroid dienone is 1. The van der Waals surface area contributed by atoms with Crippen LogP contribution in [0, 0.1) is 17.6 Å². The van der Waals surface area contributed by atoms with Crippen molar-refractivity contribution in [2.75, 3.05) is 11.4 Å². The molecule has 1 saturated carbocycles. The average molecular weight is 615 g/mol. The van der Waals surface area contributed by atoms with Crippen LogP contribution in [0.15, 0.2) is 93.8 Å². The number of hydrogen-bond donors (Lipinski definition) is 0. The number of carbonyl (C=O) groups excluding carboxylic acids is 3. The molecule has 0 bridgehead atoms. The van der Waals surface area contributed by atoms with Gasteiger partial charge in [0.1, 0.15) is 18.2 Å². The third-order valence-electron chi connectivity index (χ3n) is 8.42. The molecular weight excluding hydrogens is 590 g/mol. The summed E-state index contributed by atoms with van der Waals surface area (Å²) in [6.45, 7) is -0.351. The summed E-state index contributed by atoms with van der Waals surface area (Å²) >= 11 is 5.98. The number of rotatable bonds is 5. The molecule has 0 spiro atoms. The summed E-state index contributed by atoms with van der Waals surface area (Å²) in [5.74, 6) is -2.42. The van der Waals surface area contributed by atoms with Gasteiger partial charge >= 0.3 is 0 Å². The van der Waals surface area contributed by atoms with Crippen molar-refractivity contribution in [3.63, 3.8) is 0 Å². The average Bonchev–Trinajstić information content (AvgIpc) is 3.69. The summed E-state index contributed by atoms with van der Waals surface area (Å²) in [5.41, 5.74) is 3.56. The van der Waals surface area contributed by atoms with Gasteiger partial charge in [0.2, 0.25) is 0 Å². The van der Waals surface area contributed by atoms with Crippen LogP contribution in [-0.4, -0.2) is 52.1 Å². The third kappa shape index (κ3) is 4.86. The number of fused-ring (bicyclic) bond motifs is 2. The normalized spacial score (nSPS) is 25.1. The minimum absolute atomic E-state index is 0.159. The summed E-state index contributed by atoms with van der Waals surface area (Å²) in [5, 5.41) is 16.0. The summed E-state index contributed by atoms with van der Waals surface area (Å²) in [7, 11) is 0. The maximum atomic E-state index is 14.0. The van der Waals surface area contributed by atoms with Crippen LogP contribution < -0.4 is 4.90 Å². The number of imide groups is 1. The standard InChI is InChI=1S/C32H25ClF2N6O3/c33-21-8-14-24(15-9-21)40-31(43)28-30(32(40)44)39(38-36-28)17-26(42)41-29(19-6-12-23(35)13-7-19)25-3-1-2-20(27(25)37-41)16-18-4-10-22(34)11-5-18/h4-16,25,28-30H,1-3,17H2/b20-16+. The number of halogens is 3. The minimum atomic E-state index is -1.07. The highest BCUT2D eigenvalue weighted by molar-refractivity contribution is 6.31. The zero-order chi connectivity index (χ0) is 30.5. The SMILES string of the molecule is O=C1C2N=NN(CC(=O)N3N=C4/C(=C/c5ccc(F)cc5)CCCC4C3c3ccc(F)cc3)C2C(=O)N1c1ccc(Cl)cc1. The van der Waals surface area contributed by atoms with Crippen LogP contribution in [0.4, 0.5) is 14.5 Å². The van der Waals surface area contributed by atoms with Gasteiger partial charge in [0.25, 0.3) is 17.7 Å². The van der Waals surface area contributed by atoms with Gasteiger partial charge in [-0.05, 0) is 90.6 Å². The first-order valence-corrected chi connectivity index (χ1v) is 14.6. The molecule has 44 heavy (non-hydrogen) atoms. The van der Waals surface area contributed by atoms with E-state index in [0.717, 1.165) is 41.0 Å². The van der Waals surface area contributed by atoms with E-state index in [1.54, 1.807) is 48.5 Å². The van der Waals surface area contributed by atoms with Crippen molar-refractivity contribution in [2.24, 2.45) is 21.4 Å². The molecule has 4 unspecified atom stereocenters. The Hall–Kier alpha value is -4.77. The van der Waals surface area contributed by atoms with Crippen LogP contribution in [0.5, 0.6) is 0 Å². The summed E-state index contributed by atoms with van der Waals surface area (Å²) in [6, 6.07) is 15.8. The molecule has 3 aromatic rings. The van der Waals surface area contributed by atoms with E-state index < -0.39 is 41.7 Å². The predicted molar refractivity (Wildman–Crippen MR) is 158 cm³/mol. The second-order valence-corrected chi connectivity index (χ2v) is 11.6. The quantitative estimate of drug-likeness (QED) is 0.343. The Labute approximate surface area is 256 Å². The van der Waals surface area contributed by atoms with E-state index in [0.29, 0.717) is 16.3 Å². The van der Waals surface area contributed by atoms with Crippen LogP contribution in [0.1, 0.15) is 36.4 Å². The number of anilines is 1. The van der Waals surface area contributed by atoms with Gasteiger partial charge < -0.3 is 0 Å². The molecule has 2 fully saturated rings. The number of nitrogens with zero attached hydrogens (tertiary/aromatic N) is 6. The second-order valence-electron chi connectivity index (χ2n) is 11.1. The predicted octanol–water partition coefficient (Wildman–Crippen LogP) is 5.73. The van der Waals surface area contributed by atoms with Crippen molar-refractivity contribution < 1.29 is 23.2 Å². The summed E-state index contributed by atoms with van der Waals surface area (Å²) < 4.78 is 27.4. The number of carbonyl (C=O) groups is 3. The van der Waals surface area contributed by atoms with E-state index in [1.165, 1.54) is 34.3 Å². The molecule has 3 heterocycles. The molecule has 7 rings (SSSR count). The first-order valence-electron chi connectivity index (χ1n) is 14.2. The molecule has 3 aromatic carbocycles. The van der Waals surface area contributed by atoms with E-state index >= 15 is 0 Å². The monoisotopic (exact) mass is 614 g/mol. The van der Waals surface area contributed by atoms with E-state index in [2.05, 4.69) is 10.3 Å². The fraction of sp³-hybridized carbons (Fsp3) is 0.250. The molecule has 4 aliphatic rings. The Kier molecular flexibility index (Phi) is 7.04. The Morgan fingerprint density at radius 3 is 2.30 bits per heavy atom. The number of hydrogen-bond acceptors (Lipinski definition) is 7. The van der Waals surface area contributed by atoms with Crippen LogP contribution in [-0.2, 0) is 14.4 Å². The zero-order valence-electron chi connectivity index (χ0n) is 23.2. The highest BCUT2D eigenvalue weighted by Crippen LogP contribution is 2.45. The molecule has 0 radical (unpaired) electrons. The molecule has 1 saturated heterocycles. The highest BCUT2D eigenvalue weighted by atomic mass is 35.5. The molecule has 1 aliphatic carbocycles. The van der Waals surface area contributed by atoms with E-state index in [9.17, 15) is 23.2 Å². The largest absolute Gasteiger partial charge is 0.271 e. The minimum Gasteiger partial charge on any atom is -0.271 e. The van der Waals surface area contributed by atoms with Gasteiger partial charge in [0.05, 0.1) is 17.4 Å². The van der Waals surface area contributed by atoms with E-state index in [1.807, 2.05) is 6.08 Å². The first kappa shape index (κ1) is 28.0. The van der Waals surface area contributed by atoms with Gasteiger partial charge in [0, 0.05) is 10.9 Å². The van der Waals surface area contributed by atoms with Crippen LogP contribution in [0.25, 0.3) is 6.08 Å².